The van der Waals surface area contributed by atoms with Crippen LogP contribution < -0.4 is 10.1 Å². The van der Waals surface area contributed by atoms with Crippen molar-refractivity contribution in [3.63, 3.8) is 0 Å². The second-order valence-electron chi connectivity index (χ2n) is 8.49. The van der Waals surface area contributed by atoms with E-state index in [1.165, 1.54) is 18.1 Å². The van der Waals surface area contributed by atoms with Gasteiger partial charge in [0.2, 0.25) is 0 Å². The van der Waals surface area contributed by atoms with E-state index in [0.717, 1.165) is 28.0 Å². The molecule has 0 fully saturated rings. The second kappa shape index (κ2) is 9.14. The summed E-state index contributed by atoms with van der Waals surface area (Å²) in [5.41, 5.74) is 5.78. The molecular weight excluding hydrogens is 461 g/mol. The number of rotatable bonds is 5. The highest BCUT2D eigenvalue weighted by Gasteiger charge is 2.16. The fourth-order valence-electron chi connectivity index (χ4n) is 3.97. The Morgan fingerprint density at radius 3 is 2.58 bits per heavy atom. The van der Waals surface area contributed by atoms with E-state index in [1.807, 2.05) is 54.0 Å². The van der Waals surface area contributed by atoms with Crippen molar-refractivity contribution in [3.8, 4) is 34.1 Å². The molecule has 2 aromatic carbocycles. The molecule has 3 heterocycles. The third kappa shape index (κ3) is 4.13. The van der Waals surface area contributed by atoms with Gasteiger partial charge in [0.1, 0.15) is 12.0 Å². The molecule has 0 aliphatic rings. The summed E-state index contributed by atoms with van der Waals surface area (Å²) in [6.45, 7) is 1.98. The SMILES string of the molecule is COc1cc(-n2cnnc2-c2cc(C)c3ncc(-c4ccc(NC(=O)N(C)C)cc4)n3c2)ccc1F. The number of hydrogen-bond donors (Lipinski definition) is 1. The van der Waals surface area contributed by atoms with Crippen molar-refractivity contribution in [2.75, 3.05) is 26.5 Å². The molecule has 3 aromatic heterocycles. The molecule has 0 bridgehead atoms. The topological polar surface area (TPSA) is 89.6 Å². The average molecular weight is 486 g/mol. The molecule has 36 heavy (non-hydrogen) atoms. The van der Waals surface area contributed by atoms with Crippen LogP contribution in [0, 0.1) is 12.7 Å². The molecule has 182 valence electrons. The summed E-state index contributed by atoms with van der Waals surface area (Å²) >= 11 is 0. The normalized spacial score (nSPS) is 11.0. The van der Waals surface area contributed by atoms with Crippen molar-refractivity contribution in [1.29, 1.82) is 0 Å². The van der Waals surface area contributed by atoms with E-state index in [4.69, 9.17) is 4.74 Å². The fraction of sp³-hybridized carbons (Fsp3) is 0.154. The fourth-order valence-corrected chi connectivity index (χ4v) is 3.97. The highest BCUT2D eigenvalue weighted by molar-refractivity contribution is 5.89. The average Bonchev–Trinajstić information content (AvgIpc) is 3.53. The number of fused-ring (bicyclic) bond motifs is 1. The number of methoxy groups -OCH3 is 1. The van der Waals surface area contributed by atoms with Gasteiger partial charge < -0.3 is 15.0 Å². The molecule has 0 saturated heterocycles. The minimum absolute atomic E-state index is 0.140. The first kappa shape index (κ1) is 23.0. The van der Waals surface area contributed by atoms with Crippen molar-refractivity contribution < 1.29 is 13.9 Å². The van der Waals surface area contributed by atoms with Gasteiger partial charge in [0.15, 0.2) is 17.4 Å². The molecule has 0 unspecified atom stereocenters. The van der Waals surface area contributed by atoms with E-state index in [9.17, 15) is 9.18 Å². The third-order valence-corrected chi connectivity index (χ3v) is 5.85. The highest BCUT2D eigenvalue weighted by atomic mass is 19.1. The Labute approximate surface area is 206 Å². The molecule has 5 aromatic rings. The first-order chi connectivity index (χ1) is 17.4. The number of benzene rings is 2. The van der Waals surface area contributed by atoms with Gasteiger partial charge in [-0.1, -0.05) is 12.1 Å². The molecular formula is C26H24FN7O2. The summed E-state index contributed by atoms with van der Waals surface area (Å²) < 4.78 is 22.9. The Hall–Kier alpha value is -4.73. The summed E-state index contributed by atoms with van der Waals surface area (Å²) in [7, 11) is 4.81. The number of nitrogens with zero attached hydrogens (tertiary/aromatic N) is 6. The van der Waals surface area contributed by atoms with Crippen LogP contribution in [0.1, 0.15) is 5.56 Å². The maximum atomic E-state index is 14.0. The van der Waals surface area contributed by atoms with Gasteiger partial charge in [0, 0.05) is 43.2 Å². The van der Waals surface area contributed by atoms with Gasteiger partial charge in [0.05, 0.1) is 24.7 Å². The van der Waals surface area contributed by atoms with Gasteiger partial charge in [-0.05, 0) is 42.8 Å². The number of halogens is 1. The van der Waals surface area contributed by atoms with Crippen LogP contribution in [0.25, 0.3) is 34.0 Å². The molecule has 0 aliphatic carbocycles. The predicted octanol–water partition coefficient (Wildman–Crippen LogP) is 4.80. The molecule has 1 N–H and O–H groups in total. The first-order valence-electron chi connectivity index (χ1n) is 11.2. The number of imidazole rings is 1. The molecule has 5 rings (SSSR count). The lowest BCUT2D eigenvalue weighted by Gasteiger charge is -2.12. The van der Waals surface area contributed by atoms with Crippen LogP contribution in [0.2, 0.25) is 0 Å². The Bertz CT molecular complexity index is 1570. The van der Waals surface area contributed by atoms with Crippen molar-refractivity contribution in [3.05, 3.63) is 78.6 Å². The minimum atomic E-state index is -0.441. The van der Waals surface area contributed by atoms with Crippen LogP contribution in [0.3, 0.4) is 0 Å². The third-order valence-electron chi connectivity index (χ3n) is 5.85. The van der Waals surface area contributed by atoms with Gasteiger partial charge in [-0.15, -0.1) is 10.2 Å². The Morgan fingerprint density at radius 2 is 1.86 bits per heavy atom. The molecule has 0 aliphatic heterocycles. The Morgan fingerprint density at radius 1 is 1.08 bits per heavy atom. The number of aryl methyl sites for hydroxylation is 1. The standard InChI is InChI=1S/C26H24FN7O2/c1-16-11-18(25-31-29-15-34(25)20-9-10-21(27)23(12-20)36-4)14-33-22(13-28-24(16)33)17-5-7-19(8-6-17)30-26(35)32(2)3/h5-15H,1-4H3,(H,30,35). The van der Waals surface area contributed by atoms with Crippen LogP contribution in [0.15, 0.2) is 67.3 Å². The van der Waals surface area contributed by atoms with Crippen molar-refractivity contribution in [2.45, 2.75) is 6.92 Å². The zero-order valence-electron chi connectivity index (χ0n) is 20.2. The van der Waals surface area contributed by atoms with Crippen molar-refractivity contribution >= 4 is 17.4 Å². The van der Waals surface area contributed by atoms with Crippen LogP contribution in [-0.2, 0) is 0 Å². The molecule has 9 nitrogen and oxygen atoms in total. The van der Waals surface area contributed by atoms with Gasteiger partial charge in [-0.3, -0.25) is 8.97 Å². The number of nitrogens with one attached hydrogen (secondary N) is 1. The minimum Gasteiger partial charge on any atom is -0.494 e. The number of hydrogen-bond acceptors (Lipinski definition) is 5. The Balaban J connectivity index is 1.55. The molecule has 0 atom stereocenters. The maximum Gasteiger partial charge on any atom is 0.321 e. The van der Waals surface area contributed by atoms with Crippen molar-refractivity contribution in [2.24, 2.45) is 0 Å². The van der Waals surface area contributed by atoms with Crippen molar-refractivity contribution in [1.82, 2.24) is 29.0 Å². The lowest BCUT2D eigenvalue weighted by atomic mass is 10.1. The number of carbonyl (C=O) groups excluding carboxylic acids is 1. The lowest BCUT2D eigenvalue weighted by molar-refractivity contribution is 0.230. The summed E-state index contributed by atoms with van der Waals surface area (Å²) in [6, 6.07) is 14.0. The number of aromatic nitrogens is 5. The zero-order chi connectivity index (χ0) is 25.4. The number of amides is 2. The molecule has 2 amide bonds. The van der Waals surface area contributed by atoms with Crippen LogP contribution >= 0.6 is 0 Å². The predicted molar refractivity (Wildman–Crippen MR) is 135 cm³/mol. The highest BCUT2D eigenvalue weighted by Crippen LogP contribution is 2.29. The van der Waals surface area contributed by atoms with Gasteiger partial charge in [-0.25, -0.2) is 14.2 Å². The maximum absolute atomic E-state index is 14.0. The number of urea groups is 1. The van der Waals surface area contributed by atoms with E-state index in [2.05, 4.69) is 20.5 Å². The summed E-state index contributed by atoms with van der Waals surface area (Å²) in [4.78, 5) is 18.0. The summed E-state index contributed by atoms with van der Waals surface area (Å²) in [5.74, 6) is 0.291. The molecule has 0 spiro atoms. The molecule has 0 radical (unpaired) electrons. The second-order valence-corrected chi connectivity index (χ2v) is 8.49. The van der Waals surface area contributed by atoms with E-state index in [-0.39, 0.29) is 11.8 Å². The zero-order valence-corrected chi connectivity index (χ0v) is 20.2. The van der Waals surface area contributed by atoms with Crippen LogP contribution in [0.5, 0.6) is 5.75 Å². The van der Waals surface area contributed by atoms with Crippen LogP contribution in [0.4, 0.5) is 14.9 Å². The van der Waals surface area contributed by atoms with Gasteiger partial charge >= 0.3 is 6.03 Å². The van der Waals surface area contributed by atoms with Gasteiger partial charge in [0.25, 0.3) is 0 Å². The smallest absolute Gasteiger partial charge is 0.321 e. The Kier molecular flexibility index (Phi) is 5.85. The molecule has 10 heteroatoms. The van der Waals surface area contributed by atoms with E-state index in [1.54, 1.807) is 37.1 Å². The van der Waals surface area contributed by atoms with E-state index < -0.39 is 5.82 Å². The number of pyridine rings is 1. The van der Waals surface area contributed by atoms with Gasteiger partial charge in [-0.2, -0.15) is 0 Å². The number of ether oxygens (including phenoxy) is 1. The monoisotopic (exact) mass is 485 g/mol. The van der Waals surface area contributed by atoms with Crippen LogP contribution in [-0.4, -0.2) is 56.3 Å². The summed E-state index contributed by atoms with van der Waals surface area (Å²) in [6.07, 6.45) is 5.35. The number of carbonyl (C=O) groups is 1. The first-order valence-corrected chi connectivity index (χ1v) is 11.2. The number of anilines is 1. The largest absolute Gasteiger partial charge is 0.494 e. The lowest BCUT2D eigenvalue weighted by Crippen LogP contribution is -2.27. The summed E-state index contributed by atoms with van der Waals surface area (Å²) in [5, 5.41) is 11.3. The van der Waals surface area contributed by atoms with E-state index in [0.29, 0.717) is 17.2 Å². The van der Waals surface area contributed by atoms with E-state index >= 15 is 0 Å². The molecule has 0 saturated carbocycles. The quantitative estimate of drug-likeness (QED) is 0.386.